The molecule has 0 fully saturated rings. The molecular weight excluding hydrogens is 230 g/mol. The molecule has 0 saturated heterocycles. The van der Waals surface area contributed by atoms with E-state index in [1.807, 2.05) is 11.8 Å². The molecule has 1 aromatic rings. The van der Waals surface area contributed by atoms with E-state index in [2.05, 4.69) is 46.8 Å². The molecule has 17 heavy (non-hydrogen) atoms. The molecule has 0 radical (unpaired) electrons. The summed E-state index contributed by atoms with van der Waals surface area (Å²) in [6.45, 7) is 4.97. The summed E-state index contributed by atoms with van der Waals surface area (Å²) in [7, 11) is 0. The molecule has 0 aliphatic carbocycles. The van der Waals surface area contributed by atoms with Crippen molar-refractivity contribution in [3.63, 3.8) is 0 Å². The molecule has 92 valence electrons. The summed E-state index contributed by atoms with van der Waals surface area (Å²) < 4.78 is 0. The van der Waals surface area contributed by atoms with Crippen LogP contribution in [0.5, 0.6) is 0 Å². The van der Waals surface area contributed by atoms with Crippen LogP contribution in [-0.4, -0.2) is 24.8 Å². The lowest BCUT2D eigenvalue weighted by atomic mass is 10.2. The van der Waals surface area contributed by atoms with E-state index in [0.29, 0.717) is 0 Å². The van der Waals surface area contributed by atoms with Crippen molar-refractivity contribution in [2.45, 2.75) is 24.8 Å². The number of guanidine groups is 1. The van der Waals surface area contributed by atoms with Crippen molar-refractivity contribution in [3.05, 3.63) is 29.8 Å². The Hall–Kier alpha value is -1.16. The zero-order valence-corrected chi connectivity index (χ0v) is 11.0. The lowest BCUT2D eigenvalue weighted by Gasteiger charge is -2.16. The molecule has 3 nitrogen and oxygen atoms in total. The van der Waals surface area contributed by atoms with Gasteiger partial charge in [0.05, 0.1) is 0 Å². The third-order valence-electron chi connectivity index (χ3n) is 2.57. The molecule has 0 spiro atoms. The molecular formula is C13H19N3S. The van der Waals surface area contributed by atoms with Gasteiger partial charge in [0.1, 0.15) is 0 Å². The first-order valence-corrected chi connectivity index (χ1v) is 7.11. The van der Waals surface area contributed by atoms with Crippen molar-refractivity contribution in [1.82, 2.24) is 10.6 Å². The highest BCUT2D eigenvalue weighted by Gasteiger charge is 2.03. The number of hydrogen-bond acceptors (Lipinski definition) is 4. The molecule has 4 heteroatoms. The van der Waals surface area contributed by atoms with E-state index < -0.39 is 0 Å². The molecule has 0 bridgehead atoms. The van der Waals surface area contributed by atoms with E-state index in [4.69, 9.17) is 0 Å². The van der Waals surface area contributed by atoms with Gasteiger partial charge in [0.15, 0.2) is 5.96 Å². The van der Waals surface area contributed by atoms with Gasteiger partial charge in [0, 0.05) is 24.5 Å². The summed E-state index contributed by atoms with van der Waals surface area (Å²) in [4.78, 5) is 5.73. The normalized spacial score (nSPS) is 15.0. The lowest BCUT2D eigenvalue weighted by molar-refractivity contribution is 0.702. The quantitative estimate of drug-likeness (QED) is 0.804. The Labute approximate surface area is 107 Å². The van der Waals surface area contributed by atoms with Crippen molar-refractivity contribution in [2.24, 2.45) is 4.99 Å². The van der Waals surface area contributed by atoms with Gasteiger partial charge in [-0.05, 0) is 29.9 Å². The number of nitrogens with one attached hydrogen (secondary N) is 2. The maximum Gasteiger partial charge on any atom is 0.191 e. The molecule has 2 N–H and O–H groups in total. The van der Waals surface area contributed by atoms with Gasteiger partial charge < -0.3 is 10.6 Å². The second-order valence-electron chi connectivity index (χ2n) is 3.94. The first-order valence-electron chi connectivity index (χ1n) is 6.12. The highest BCUT2D eigenvalue weighted by Crippen LogP contribution is 2.18. The highest BCUT2D eigenvalue weighted by molar-refractivity contribution is 7.99. The minimum Gasteiger partial charge on any atom is -0.356 e. The zero-order chi connectivity index (χ0) is 11.9. The predicted octanol–water partition coefficient (Wildman–Crippen LogP) is 2.24. The maximum absolute atomic E-state index is 4.39. The molecule has 0 aromatic heterocycles. The number of rotatable bonds is 4. The van der Waals surface area contributed by atoms with Crippen LogP contribution < -0.4 is 10.6 Å². The largest absolute Gasteiger partial charge is 0.356 e. The Morgan fingerprint density at radius 2 is 2.41 bits per heavy atom. The van der Waals surface area contributed by atoms with Crippen molar-refractivity contribution < 1.29 is 0 Å². The van der Waals surface area contributed by atoms with Crippen molar-refractivity contribution in [2.75, 3.05) is 18.8 Å². The summed E-state index contributed by atoms with van der Waals surface area (Å²) in [6, 6.07) is 8.67. The fraction of sp³-hybridized carbons (Fsp3) is 0.462. The third kappa shape index (κ3) is 3.97. The molecule has 2 rings (SSSR count). The fourth-order valence-corrected chi connectivity index (χ4v) is 2.49. The van der Waals surface area contributed by atoms with E-state index >= 15 is 0 Å². The van der Waals surface area contributed by atoms with Crippen molar-refractivity contribution >= 4 is 17.7 Å². The summed E-state index contributed by atoms with van der Waals surface area (Å²) >= 11 is 1.88. The summed E-state index contributed by atoms with van der Waals surface area (Å²) in [5.41, 5.74) is 1.30. The molecule has 1 aliphatic heterocycles. The van der Waals surface area contributed by atoms with Crippen LogP contribution in [0.1, 0.15) is 18.9 Å². The van der Waals surface area contributed by atoms with Crippen LogP contribution in [0.25, 0.3) is 0 Å². The first-order chi connectivity index (χ1) is 8.38. The Morgan fingerprint density at radius 3 is 3.18 bits per heavy atom. The number of thioether (sulfide) groups is 1. The Kier molecular flexibility index (Phi) is 4.74. The topological polar surface area (TPSA) is 36.4 Å². The molecule has 1 aliphatic rings. The number of benzene rings is 1. The second-order valence-corrected chi connectivity index (χ2v) is 5.28. The second kappa shape index (κ2) is 6.55. The highest BCUT2D eigenvalue weighted by atomic mass is 32.2. The van der Waals surface area contributed by atoms with Crippen LogP contribution in [0.4, 0.5) is 0 Å². The Balaban J connectivity index is 1.89. The minimum absolute atomic E-state index is 0.837. The summed E-state index contributed by atoms with van der Waals surface area (Å²) in [5.74, 6) is 2.05. The van der Waals surface area contributed by atoms with Crippen LogP contribution in [0.15, 0.2) is 34.2 Å². The monoisotopic (exact) mass is 249 g/mol. The SMILES string of the molecule is CCSc1cccc(CNC2=NCCCN2)c1. The predicted molar refractivity (Wildman–Crippen MR) is 74.6 cm³/mol. The van der Waals surface area contributed by atoms with E-state index in [0.717, 1.165) is 37.8 Å². The van der Waals surface area contributed by atoms with Crippen LogP contribution in [-0.2, 0) is 6.54 Å². The Morgan fingerprint density at radius 1 is 1.47 bits per heavy atom. The van der Waals surface area contributed by atoms with Crippen LogP contribution in [0.2, 0.25) is 0 Å². The van der Waals surface area contributed by atoms with E-state index in [1.165, 1.54) is 10.5 Å². The summed E-state index contributed by atoms with van der Waals surface area (Å²) in [6.07, 6.45) is 1.13. The lowest BCUT2D eigenvalue weighted by Crippen LogP contribution is -2.40. The first kappa shape index (κ1) is 12.3. The van der Waals surface area contributed by atoms with Gasteiger partial charge in [0.25, 0.3) is 0 Å². The van der Waals surface area contributed by atoms with Gasteiger partial charge >= 0.3 is 0 Å². The van der Waals surface area contributed by atoms with Crippen molar-refractivity contribution in [1.29, 1.82) is 0 Å². The molecule has 0 unspecified atom stereocenters. The minimum atomic E-state index is 0.837. The Bertz CT molecular complexity index is 390. The fourth-order valence-electron chi connectivity index (χ4n) is 1.75. The van der Waals surface area contributed by atoms with E-state index in [9.17, 15) is 0 Å². The number of nitrogens with zero attached hydrogens (tertiary/aromatic N) is 1. The van der Waals surface area contributed by atoms with Gasteiger partial charge in [0.2, 0.25) is 0 Å². The van der Waals surface area contributed by atoms with Gasteiger partial charge in [-0.15, -0.1) is 11.8 Å². The molecule has 1 heterocycles. The standard InChI is InChI=1S/C13H19N3S/c1-2-17-12-6-3-5-11(9-12)10-16-13-14-7-4-8-15-13/h3,5-6,9H,2,4,7-8,10H2,1H3,(H2,14,15,16). The molecule has 0 amide bonds. The summed E-state index contributed by atoms with van der Waals surface area (Å²) in [5, 5.41) is 6.60. The van der Waals surface area contributed by atoms with Gasteiger partial charge in [-0.2, -0.15) is 0 Å². The number of aliphatic imine (C=N–C) groups is 1. The number of hydrogen-bond donors (Lipinski definition) is 2. The average molecular weight is 249 g/mol. The average Bonchev–Trinajstić information content (AvgIpc) is 2.39. The van der Waals surface area contributed by atoms with Gasteiger partial charge in [-0.1, -0.05) is 19.1 Å². The van der Waals surface area contributed by atoms with E-state index in [1.54, 1.807) is 0 Å². The van der Waals surface area contributed by atoms with Crippen LogP contribution in [0, 0.1) is 0 Å². The smallest absolute Gasteiger partial charge is 0.191 e. The zero-order valence-electron chi connectivity index (χ0n) is 10.2. The third-order valence-corrected chi connectivity index (χ3v) is 3.44. The van der Waals surface area contributed by atoms with Gasteiger partial charge in [-0.25, -0.2) is 0 Å². The van der Waals surface area contributed by atoms with Gasteiger partial charge in [-0.3, -0.25) is 4.99 Å². The van der Waals surface area contributed by atoms with Crippen LogP contribution in [0.3, 0.4) is 0 Å². The van der Waals surface area contributed by atoms with Crippen LogP contribution >= 0.6 is 11.8 Å². The maximum atomic E-state index is 4.39. The molecule has 0 saturated carbocycles. The van der Waals surface area contributed by atoms with Crippen molar-refractivity contribution in [3.8, 4) is 0 Å². The molecule has 1 aromatic carbocycles. The van der Waals surface area contributed by atoms with E-state index in [-0.39, 0.29) is 0 Å². The molecule has 0 atom stereocenters.